The quantitative estimate of drug-likeness (QED) is 0.665. The summed E-state index contributed by atoms with van der Waals surface area (Å²) in [5, 5.41) is 1.08. The Labute approximate surface area is 130 Å². The van der Waals surface area contributed by atoms with E-state index < -0.39 is 5.97 Å². The third kappa shape index (κ3) is 2.82. The molecule has 104 valence electrons. The number of ether oxygens (including phenoxy) is 1. The Balaban J connectivity index is 2.54. The fraction of sp³-hybridized carbons (Fsp3) is 0.0769. The minimum atomic E-state index is -0.566. The number of hydrogen-bond acceptors (Lipinski definition) is 4. The molecule has 0 fully saturated rings. The van der Waals surface area contributed by atoms with Gasteiger partial charge in [0, 0.05) is 11.1 Å². The minimum absolute atomic E-state index is 0.116. The maximum absolute atomic E-state index is 11.4. The summed E-state index contributed by atoms with van der Waals surface area (Å²) in [5.74, 6) is -0.420. The molecule has 2 rings (SSSR count). The average Bonchev–Trinajstić information content (AvgIpc) is 2.42. The highest BCUT2D eigenvalue weighted by Gasteiger charge is 2.14. The van der Waals surface area contributed by atoms with Crippen LogP contribution in [0.2, 0.25) is 15.1 Å². The zero-order valence-electron chi connectivity index (χ0n) is 10.3. The number of nitrogens with two attached hydrogens (primary N) is 1. The molecule has 1 heterocycles. The van der Waals surface area contributed by atoms with Gasteiger partial charge in [-0.2, -0.15) is 0 Å². The maximum atomic E-state index is 11.4. The number of nitrogen functional groups attached to an aromatic ring is 1. The summed E-state index contributed by atoms with van der Waals surface area (Å²) in [7, 11) is 1.27. The number of carbonyl (C=O) groups excluding carboxylic acids is 1. The number of pyridine rings is 1. The molecule has 7 heteroatoms. The van der Waals surface area contributed by atoms with Crippen LogP contribution in [-0.4, -0.2) is 18.1 Å². The van der Waals surface area contributed by atoms with Crippen LogP contribution in [-0.2, 0) is 4.74 Å². The number of rotatable bonds is 2. The van der Waals surface area contributed by atoms with E-state index in [2.05, 4.69) is 9.72 Å². The van der Waals surface area contributed by atoms with Crippen molar-refractivity contribution in [1.29, 1.82) is 0 Å². The van der Waals surface area contributed by atoms with Crippen LogP contribution in [0.1, 0.15) is 10.5 Å². The van der Waals surface area contributed by atoms with Gasteiger partial charge < -0.3 is 10.5 Å². The first-order valence-corrected chi connectivity index (χ1v) is 6.57. The number of nitrogens with zero attached hydrogens (tertiary/aromatic N) is 1. The van der Waals surface area contributed by atoms with E-state index in [9.17, 15) is 4.79 Å². The van der Waals surface area contributed by atoms with Crippen molar-refractivity contribution >= 4 is 46.6 Å². The van der Waals surface area contributed by atoms with Crippen molar-refractivity contribution in [2.45, 2.75) is 0 Å². The second-order valence-corrected chi connectivity index (χ2v) is 5.09. The van der Waals surface area contributed by atoms with Crippen molar-refractivity contribution < 1.29 is 9.53 Å². The summed E-state index contributed by atoms with van der Waals surface area (Å²) in [5.41, 5.74) is 7.11. The lowest BCUT2D eigenvalue weighted by molar-refractivity contribution is 0.0594. The molecule has 0 atom stereocenters. The molecule has 4 nitrogen and oxygen atoms in total. The average molecular weight is 332 g/mol. The van der Waals surface area contributed by atoms with Crippen LogP contribution >= 0.6 is 34.8 Å². The van der Waals surface area contributed by atoms with Crippen LogP contribution in [0.4, 0.5) is 5.82 Å². The van der Waals surface area contributed by atoms with Gasteiger partial charge in [0.1, 0.15) is 5.82 Å². The van der Waals surface area contributed by atoms with Gasteiger partial charge in [-0.3, -0.25) is 0 Å². The van der Waals surface area contributed by atoms with Crippen molar-refractivity contribution in [3.63, 3.8) is 0 Å². The van der Waals surface area contributed by atoms with Crippen LogP contribution < -0.4 is 5.73 Å². The van der Waals surface area contributed by atoms with Gasteiger partial charge >= 0.3 is 5.97 Å². The first kappa shape index (κ1) is 14.9. The smallest absolute Gasteiger partial charge is 0.356 e. The highest BCUT2D eigenvalue weighted by Crippen LogP contribution is 2.37. The molecule has 0 bridgehead atoms. The highest BCUT2D eigenvalue weighted by molar-refractivity contribution is 6.44. The zero-order valence-corrected chi connectivity index (χ0v) is 12.6. The van der Waals surface area contributed by atoms with E-state index in [-0.39, 0.29) is 11.5 Å². The molecule has 1 aromatic heterocycles. The van der Waals surface area contributed by atoms with Gasteiger partial charge in [0.25, 0.3) is 0 Å². The number of halogens is 3. The zero-order chi connectivity index (χ0) is 14.9. The largest absolute Gasteiger partial charge is 0.464 e. The molecule has 0 aliphatic rings. The van der Waals surface area contributed by atoms with Crippen LogP contribution in [0, 0.1) is 0 Å². The molecule has 0 aliphatic heterocycles. The third-order valence-corrected chi connectivity index (χ3v) is 3.65. The molecule has 0 amide bonds. The number of anilines is 1. The lowest BCUT2D eigenvalue weighted by atomic mass is 10.1. The molecule has 0 aliphatic carbocycles. The Hall–Kier alpha value is -1.49. The second kappa shape index (κ2) is 5.87. The SMILES string of the molecule is COC(=O)c1ccc(-c2cc(Cl)c(Cl)cc2Cl)c(N)n1. The summed E-state index contributed by atoms with van der Waals surface area (Å²) in [6.45, 7) is 0. The first-order valence-electron chi connectivity index (χ1n) is 5.43. The van der Waals surface area contributed by atoms with Gasteiger partial charge in [-0.05, 0) is 24.3 Å². The standard InChI is InChI=1S/C13H9Cl3N2O2/c1-20-13(19)11-3-2-6(12(17)18-11)7-4-9(15)10(16)5-8(7)14/h2-5H,1H3,(H2,17,18). The number of methoxy groups -OCH3 is 1. The first-order chi connectivity index (χ1) is 9.43. The fourth-order valence-electron chi connectivity index (χ4n) is 1.65. The van der Waals surface area contributed by atoms with E-state index in [1.807, 2.05) is 0 Å². The predicted molar refractivity (Wildman–Crippen MR) is 80.5 cm³/mol. The molecule has 2 aromatic rings. The number of hydrogen-bond donors (Lipinski definition) is 1. The van der Waals surface area contributed by atoms with Gasteiger partial charge in [0.05, 0.1) is 22.2 Å². The number of benzene rings is 1. The predicted octanol–water partition coefficient (Wildman–Crippen LogP) is 4.08. The molecule has 0 unspecified atom stereocenters. The van der Waals surface area contributed by atoms with Crippen molar-refractivity contribution in [3.8, 4) is 11.1 Å². The molecule has 1 aromatic carbocycles. The molecule has 0 saturated carbocycles. The van der Waals surface area contributed by atoms with Crippen LogP contribution in [0.3, 0.4) is 0 Å². The van der Waals surface area contributed by atoms with Crippen molar-refractivity contribution in [2.75, 3.05) is 12.8 Å². The van der Waals surface area contributed by atoms with Crippen molar-refractivity contribution in [1.82, 2.24) is 4.98 Å². The number of carbonyl (C=O) groups is 1. The summed E-state index contributed by atoms with van der Waals surface area (Å²) in [4.78, 5) is 15.4. The summed E-state index contributed by atoms with van der Waals surface area (Å²) in [6.07, 6.45) is 0. The van der Waals surface area contributed by atoms with Gasteiger partial charge in [0.15, 0.2) is 5.69 Å². The van der Waals surface area contributed by atoms with E-state index in [4.69, 9.17) is 40.5 Å². The van der Waals surface area contributed by atoms with Crippen LogP contribution in [0.25, 0.3) is 11.1 Å². The maximum Gasteiger partial charge on any atom is 0.356 e. The molecular weight excluding hydrogens is 323 g/mol. The molecule has 0 spiro atoms. The normalized spacial score (nSPS) is 10.4. The van der Waals surface area contributed by atoms with Crippen LogP contribution in [0.15, 0.2) is 24.3 Å². The number of aromatic nitrogens is 1. The highest BCUT2D eigenvalue weighted by atomic mass is 35.5. The minimum Gasteiger partial charge on any atom is -0.464 e. The molecule has 20 heavy (non-hydrogen) atoms. The third-order valence-electron chi connectivity index (χ3n) is 2.62. The lowest BCUT2D eigenvalue weighted by Crippen LogP contribution is -2.06. The Morgan fingerprint density at radius 2 is 1.75 bits per heavy atom. The van der Waals surface area contributed by atoms with E-state index >= 15 is 0 Å². The van der Waals surface area contributed by atoms with Crippen molar-refractivity contribution in [3.05, 3.63) is 45.0 Å². The molecule has 2 N–H and O–H groups in total. The number of esters is 1. The fourth-order valence-corrected chi connectivity index (χ4v) is 2.30. The van der Waals surface area contributed by atoms with E-state index in [0.29, 0.717) is 26.2 Å². The van der Waals surface area contributed by atoms with E-state index in [0.717, 1.165) is 0 Å². The second-order valence-electron chi connectivity index (χ2n) is 3.87. The Morgan fingerprint density at radius 1 is 1.10 bits per heavy atom. The summed E-state index contributed by atoms with van der Waals surface area (Å²) in [6, 6.07) is 6.24. The lowest BCUT2D eigenvalue weighted by Gasteiger charge is -2.10. The van der Waals surface area contributed by atoms with Gasteiger partial charge in [-0.15, -0.1) is 0 Å². The molecule has 0 radical (unpaired) electrons. The summed E-state index contributed by atoms with van der Waals surface area (Å²) < 4.78 is 4.57. The van der Waals surface area contributed by atoms with Gasteiger partial charge in [-0.25, -0.2) is 9.78 Å². The van der Waals surface area contributed by atoms with E-state index in [1.54, 1.807) is 12.1 Å². The molecular formula is C13H9Cl3N2O2. The molecule has 0 saturated heterocycles. The monoisotopic (exact) mass is 330 g/mol. The van der Waals surface area contributed by atoms with Gasteiger partial charge in [-0.1, -0.05) is 34.8 Å². The van der Waals surface area contributed by atoms with Crippen molar-refractivity contribution in [2.24, 2.45) is 0 Å². The van der Waals surface area contributed by atoms with Crippen LogP contribution in [0.5, 0.6) is 0 Å². The Morgan fingerprint density at radius 3 is 2.35 bits per heavy atom. The topological polar surface area (TPSA) is 65.2 Å². The summed E-state index contributed by atoms with van der Waals surface area (Å²) >= 11 is 18.0. The Bertz CT molecular complexity index is 690. The van der Waals surface area contributed by atoms with Gasteiger partial charge in [0.2, 0.25) is 0 Å². The Kier molecular flexibility index (Phi) is 4.38. The van der Waals surface area contributed by atoms with E-state index in [1.165, 1.54) is 19.2 Å².